The molecule has 4 N–H and O–H groups in total. The highest BCUT2D eigenvalue weighted by atomic mass is 19.2. The predicted molar refractivity (Wildman–Crippen MR) is 66.2 cm³/mol. The molecule has 2 amide bonds. The van der Waals surface area contributed by atoms with E-state index in [1.54, 1.807) is 0 Å². The molecule has 1 aromatic carbocycles. The van der Waals surface area contributed by atoms with Crippen LogP contribution in [0.1, 0.15) is 10.4 Å². The third-order valence-electron chi connectivity index (χ3n) is 2.42. The molecule has 0 aliphatic carbocycles. The van der Waals surface area contributed by atoms with Gasteiger partial charge in [0.25, 0.3) is 5.91 Å². The van der Waals surface area contributed by atoms with Crippen molar-refractivity contribution < 1.29 is 27.2 Å². The number of benzene rings is 1. The van der Waals surface area contributed by atoms with Crippen molar-refractivity contribution in [1.29, 1.82) is 0 Å². The first-order chi connectivity index (χ1) is 9.81. The maximum absolute atomic E-state index is 13.4. The van der Waals surface area contributed by atoms with Gasteiger partial charge in [-0.3, -0.25) is 9.59 Å². The molecule has 0 fully saturated rings. The third-order valence-corrected chi connectivity index (χ3v) is 2.42. The zero-order chi connectivity index (χ0) is 16.2. The number of carbonyl (C=O) groups excluding carboxylic acids is 2. The molecule has 1 rings (SSSR count). The van der Waals surface area contributed by atoms with Crippen LogP contribution in [0.5, 0.6) is 0 Å². The molecule has 114 valence electrons. The molecule has 0 atom stereocenters. The van der Waals surface area contributed by atoms with Gasteiger partial charge in [-0.25, -0.2) is 17.6 Å². The van der Waals surface area contributed by atoms with Crippen LogP contribution < -0.4 is 16.4 Å². The first-order valence-electron chi connectivity index (χ1n) is 5.61. The van der Waals surface area contributed by atoms with E-state index < -0.39 is 46.3 Å². The first kappa shape index (κ1) is 16.5. The minimum absolute atomic E-state index is 0.0697. The Bertz CT molecular complexity index is 576. The average molecular weight is 305 g/mol. The highest BCUT2D eigenvalue weighted by Crippen LogP contribution is 2.25. The van der Waals surface area contributed by atoms with E-state index in [9.17, 15) is 27.2 Å². The number of rotatable bonds is 5. The van der Waals surface area contributed by atoms with Gasteiger partial charge in [-0.05, 0) is 6.08 Å². The van der Waals surface area contributed by atoms with Crippen LogP contribution in [0.15, 0.2) is 12.7 Å². The fourth-order valence-electron chi connectivity index (χ4n) is 1.37. The summed E-state index contributed by atoms with van der Waals surface area (Å²) in [4.78, 5) is 22.3. The molecule has 5 nitrogen and oxygen atoms in total. The number of halogens is 4. The highest BCUT2D eigenvalue weighted by molar-refractivity contribution is 5.95. The molecule has 0 aliphatic rings. The summed E-state index contributed by atoms with van der Waals surface area (Å²) < 4.78 is 53.2. The van der Waals surface area contributed by atoms with Gasteiger partial charge in [0.05, 0.1) is 0 Å². The quantitative estimate of drug-likeness (QED) is 0.248. The van der Waals surface area contributed by atoms with Gasteiger partial charge in [0.1, 0.15) is 11.3 Å². The lowest BCUT2D eigenvalue weighted by atomic mass is 10.1. The van der Waals surface area contributed by atoms with Crippen LogP contribution in [-0.2, 0) is 4.79 Å². The van der Waals surface area contributed by atoms with Crippen LogP contribution in [0.25, 0.3) is 0 Å². The van der Waals surface area contributed by atoms with Crippen LogP contribution >= 0.6 is 0 Å². The molecule has 0 heterocycles. The fraction of sp³-hybridized carbons (Fsp3) is 0.167. The summed E-state index contributed by atoms with van der Waals surface area (Å²) in [5, 5.41) is 4.26. The summed E-state index contributed by atoms with van der Waals surface area (Å²) in [7, 11) is 0. The van der Waals surface area contributed by atoms with E-state index >= 15 is 0 Å². The Morgan fingerprint density at radius 1 is 1.00 bits per heavy atom. The maximum Gasteiger partial charge on any atom is 0.257 e. The van der Waals surface area contributed by atoms with E-state index in [1.807, 2.05) is 5.32 Å². The molecule has 0 bridgehead atoms. The fourth-order valence-corrected chi connectivity index (χ4v) is 1.37. The number of anilines is 1. The van der Waals surface area contributed by atoms with Crippen molar-refractivity contribution in [1.82, 2.24) is 10.6 Å². The molecule has 0 unspecified atom stereocenters. The number of carbonyl (C=O) groups is 2. The molecule has 0 saturated heterocycles. The lowest BCUT2D eigenvalue weighted by molar-refractivity contribution is -0.116. The number of amides is 2. The summed E-state index contributed by atoms with van der Waals surface area (Å²) >= 11 is 0. The second-order valence-electron chi connectivity index (χ2n) is 3.80. The van der Waals surface area contributed by atoms with Crippen LogP contribution in [-0.4, -0.2) is 24.9 Å². The monoisotopic (exact) mass is 305 g/mol. The summed E-state index contributed by atoms with van der Waals surface area (Å²) in [6.45, 7) is 2.89. The van der Waals surface area contributed by atoms with Crippen molar-refractivity contribution >= 4 is 17.5 Å². The molecule has 0 radical (unpaired) electrons. The Morgan fingerprint density at radius 3 is 1.95 bits per heavy atom. The molecule has 21 heavy (non-hydrogen) atoms. The zero-order valence-electron chi connectivity index (χ0n) is 10.6. The minimum atomic E-state index is -1.89. The van der Waals surface area contributed by atoms with E-state index in [4.69, 9.17) is 5.73 Å². The largest absolute Gasteiger partial charge is 0.394 e. The van der Waals surface area contributed by atoms with Crippen LogP contribution in [0, 0.1) is 23.3 Å². The molecular weight excluding hydrogens is 294 g/mol. The predicted octanol–water partition coefficient (Wildman–Crippen LogP) is 0.857. The van der Waals surface area contributed by atoms with E-state index in [0.29, 0.717) is 0 Å². The Labute approximate surface area is 116 Å². The second-order valence-corrected chi connectivity index (χ2v) is 3.80. The maximum atomic E-state index is 13.4. The smallest absolute Gasteiger partial charge is 0.257 e. The number of nitrogen functional groups attached to an aromatic ring is 1. The van der Waals surface area contributed by atoms with Gasteiger partial charge in [-0.2, -0.15) is 0 Å². The van der Waals surface area contributed by atoms with Crippen molar-refractivity contribution in [3.8, 4) is 0 Å². The molecule has 0 spiro atoms. The molecule has 0 aromatic heterocycles. The average Bonchev–Trinajstić information content (AvgIpc) is 2.47. The first-order valence-corrected chi connectivity index (χ1v) is 5.61. The number of nitrogens with one attached hydrogen (secondary N) is 2. The Kier molecular flexibility index (Phi) is 5.28. The minimum Gasteiger partial charge on any atom is -0.394 e. The van der Waals surface area contributed by atoms with E-state index in [2.05, 4.69) is 11.9 Å². The Balaban J connectivity index is 2.84. The van der Waals surface area contributed by atoms with Gasteiger partial charge >= 0.3 is 0 Å². The van der Waals surface area contributed by atoms with Gasteiger partial charge in [0.2, 0.25) is 5.91 Å². The third kappa shape index (κ3) is 3.50. The van der Waals surface area contributed by atoms with Crippen LogP contribution in [0.3, 0.4) is 0 Å². The van der Waals surface area contributed by atoms with Crippen LogP contribution in [0.4, 0.5) is 23.2 Å². The lowest BCUT2D eigenvalue weighted by Crippen LogP contribution is -2.35. The van der Waals surface area contributed by atoms with Gasteiger partial charge in [0.15, 0.2) is 23.3 Å². The number of nitrogens with two attached hydrogens (primary N) is 1. The van der Waals surface area contributed by atoms with Crippen molar-refractivity contribution in [2.75, 3.05) is 18.8 Å². The summed E-state index contributed by atoms with van der Waals surface area (Å²) in [6.07, 6.45) is 0.978. The molecule has 0 saturated carbocycles. The lowest BCUT2D eigenvalue weighted by Gasteiger charge is -2.10. The second kappa shape index (κ2) is 6.73. The standard InChI is InChI=1S/C12H11F4N3O2/c1-2-5(20)18-3-4-19-12(21)6-7(13)9(15)11(17)10(16)8(6)14/h2H,1,3-4,17H2,(H,18,20)(H,19,21). The van der Waals surface area contributed by atoms with E-state index in [-0.39, 0.29) is 13.1 Å². The summed E-state index contributed by atoms with van der Waals surface area (Å²) in [5.41, 5.74) is 2.03. The molecule has 1 aromatic rings. The van der Waals surface area contributed by atoms with Crippen molar-refractivity contribution in [2.45, 2.75) is 0 Å². The van der Waals surface area contributed by atoms with Gasteiger partial charge < -0.3 is 16.4 Å². The normalized spacial score (nSPS) is 10.1. The van der Waals surface area contributed by atoms with Gasteiger partial charge in [-0.15, -0.1) is 0 Å². The number of hydrogen-bond acceptors (Lipinski definition) is 3. The Morgan fingerprint density at radius 2 is 1.48 bits per heavy atom. The van der Waals surface area contributed by atoms with Gasteiger partial charge in [-0.1, -0.05) is 6.58 Å². The summed E-state index contributed by atoms with van der Waals surface area (Å²) in [6, 6.07) is 0. The topological polar surface area (TPSA) is 84.2 Å². The van der Waals surface area contributed by atoms with E-state index in [0.717, 1.165) is 6.08 Å². The van der Waals surface area contributed by atoms with Crippen molar-refractivity contribution in [3.63, 3.8) is 0 Å². The zero-order valence-corrected chi connectivity index (χ0v) is 10.6. The SMILES string of the molecule is C=CC(=O)NCCNC(=O)c1c(F)c(F)c(N)c(F)c1F. The molecule has 9 heteroatoms. The highest BCUT2D eigenvalue weighted by Gasteiger charge is 2.27. The van der Waals surface area contributed by atoms with Crippen LogP contribution in [0.2, 0.25) is 0 Å². The van der Waals surface area contributed by atoms with Gasteiger partial charge in [0, 0.05) is 13.1 Å². The van der Waals surface area contributed by atoms with E-state index in [1.165, 1.54) is 0 Å². The Hall–Kier alpha value is -2.58. The van der Waals surface area contributed by atoms with Crippen molar-refractivity contribution in [2.24, 2.45) is 0 Å². The summed E-state index contributed by atoms with van der Waals surface area (Å²) in [5.74, 6) is -9.38. The molecule has 0 aliphatic heterocycles. The van der Waals surface area contributed by atoms with Crippen molar-refractivity contribution in [3.05, 3.63) is 41.5 Å². The molecular formula is C12H11F4N3O2. The number of hydrogen-bond donors (Lipinski definition) is 3.